The Morgan fingerprint density at radius 3 is 2.53 bits per heavy atom. The maximum Gasteiger partial charge on any atom is 0.147 e. The Hall–Kier alpha value is 0.420. The molecule has 0 spiro atoms. The van der Waals surface area contributed by atoms with Gasteiger partial charge in [0.2, 0.25) is 0 Å². The Kier molecular flexibility index (Phi) is 5.33. The summed E-state index contributed by atoms with van der Waals surface area (Å²) >= 11 is 10.5. The number of ether oxygens (including phenoxy) is 2. The summed E-state index contributed by atoms with van der Waals surface area (Å²) < 4.78 is 13.3. The van der Waals surface area contributed by atoms with Gasteiger partial charge in [0.1, 0.15) is 12.4 Å². The van der Waals surface area contributed by atoms with E-state index in [4.69, 9.17) is 9.47 Å². The van der Waals surface area contributed by atoms with E-state index in [1.165, 1.54) is 5.56 Å². The molecule has 1 atom stereocenters. The second kappa shape index (κ2) is 6.55. The monoisotopic (exact) mass is 426 g/mol. The summed E-state index contributed by atoms with van der Waals surface area (Å²) in [5, 5.41) is 0.830. The molecule has 0 N–H and O–H groups in total. The first-order valence-corrected chi connectivity index (χ1v) is 8.19. The third kappa shape index (κ3) is 3.69. The fraction of sp³-hybridized carbons (Fsp3) is 0.500. The van der Waals surface area contributed by atoms with Crippen molar-refractivity contribution in [2.24, 2.45) is 0 Å². The van der Waals surface area contributed by atoms with Gasteiger partial charge in [-0.15, -0.1) is 0 Å². The fourth-order valence-corrected chi connectivity index (χ4v) is 3.61. The van der Waals surface area contributed by atoms with E-state index in [0.29, 0.717) is 6.61 Å². The van der Waals surface area contributed by atoms with Gasteiger partial charge in [-0.25, -0.2) is 0 Å². The molecule has 1 unspecified atom stereocenters. The van der Waals surface area contributed by atoms with Crippen molar-refractivity contribution in [3.8, 4) is 5.75 Å². The minimum Gasteiger partial charge on any atom is -0.489 e. The predicted octanol–water partition coefficient (Wildman–Crippen LogP) is 4.66. The average molecular weight is 429 g/mol. The summed E-state index contributed by atoms with van der Waals surface area (Å²) in [4.78, 5) is 0. The molecule has 1 aliphatic rings. The van der Waals surface area contributed by atoms with Crippen molar-refractivity contribution in [1.29, 1.82) is 0 Å². The summed E-state index contributed by atoms with van der Waals surface area (Å²) in [6, 6.07) is 4.12. The van der Waals surface area contributed by atoms with Crippen LogP contribution in [-0.4, -0.2) is 19.3 Å². The molecule has 0 bridgehead atoms. The molecule has 17 heavy (non-hydrogen) atoms. The van der Waals surface area contributed by atoms with Crippen molar-refractivity contribution >= 4 is 47.8 Å². The molecule has 2 rings (SSSR count). The largest absolute Gasteiger partial charge is 0.489 e. The second-order valence-corrected chi connectivity index (χ2v) is 6.24. The first-order chi connectivity index (χ1) is 8.20. The smallest absolute Gasteiger partial charge is 0.147 e. The molecule has 0 amide bonds. The van der Waals surface area contributed by atoms with Crippen LogP contribution in [0.2, 0.25) is 0 Å². The van der Waals surface area contributed by atoms with Crippen LogP contribution >= 0.6 is 47.8 Å². The minimum absolute atomic E-state index is 0.240. The number of halogens is 3. The van der Waals surface area contributed by atoms with Crippen LogP contribution in [0.25, 0.3) is 0 Å². The van der Waals surface area contributed by atoms with Gasteiger partial charge in [0, 0.05) is 11.9 Å². The Balaban J connectivity index is 2.04. The molecule has 5 heteroatoms. The molecule has 94 valence electrons. The Bertz CT molecular complexity index is 366. The number of benzene rings is 1. The van der Waals surface area contributed by atoms with Gasteiger partial charge in [-0.05, 0) is 62.4 Å². The molecule has 1 aromatic carbocycles. The molecule has 0 saturated carbocycles. The van der Waals surface area contributed by atoms with Gasteiger partial charge in [-0.3, -0.25) is 0 Å². The topological polar surface area (TPSA) is 18.5 Å². The van der Waals surface area contributed by atoms with Gasteiger partial charge < -0.3 is 9.47 Å². The van der Waals surface area contributed by atoms with Crippen LogP contribution in [0.4, 0.5) is 0 Å². The highest BCUT2D eigenvalue weighted by Gasteiger charge is 2.17. The van der Waals surface area contributed by atoms with Crippen LogP contribution in [0.1, 0.15) is 18.4 Å². The molecule has 1 heterocycles. The Labute approximate surface area is 126 Å². The van der Waals surface area contributed by atoms with Crippen LogP contribution in [0.5, 0.6) is 5.75 Å². The van der Waals surface area contributed by atoms with E-state index in [1.807, 2.05) is 0 Å². The zero-order valence-electron chi connectivity index (χ0n) is 9.22. The molecular formula is C12H13Br3O2. The SMILES string of the molecule is BrCc1cc(Br)c(OCC2CCCO2)c(Br)c1. The van der Waals surface area contributed by atoms with E-state index < -0.39 is 0 Å². The maximum absolute atomic E-state index is 5.82. The maximum atomic E-state index is 5.82. The molecular weight excluding hydrogens is 416 g/mol. The van der Waals surface area contributed by atoms with Gasteiger partial charge in [-0.1, -0.05) is 15.9 Å². The van der Waals surface area contributed by atoms with E-state index >= 15 is 0 Å². The van der Waals surface area contributed by atoms with Gasteiger partial charge in [0.05, 0.1) is 15.0 Å². The summed E-state index contributed by atoms with van der Waals surface area (Å²) in [5.74, 6) is 0.852. The summed E-state index contributed by atoms with van der Waals surface area (Å²) in [6.45, 7) is 1.48. The molecule has 2 nitrogen and oxygen atoms in total. The highest BCUT2D eigenvalue weighted by Crippen LogP contribution is 2.35. The standard InChI is InChI=1S/C12H13Br3O2/c13-6-8-4-10(14)12(11(15)5-8)17-7-9-2-1-3-16-9/h4-5,9H,1-3,6-7H2. The van der Waals surface area contributed by atoms with Gasteiger partial charge in [0.15, 0.2) is 0 Å². The van der Waals surface area contributed by atoms with Crippen LogP contribution in [0.3, 0.4) is 0 Å². The number of hydrogen-bond donors (Lipinski definition) is 0. The van der Waals surface area contributed by atoms with Crippen molar-refractivity contribution in [3.63, 3.8) is 0 Å². The van der Waals surface area contributed by atoms with E-state index in [0.717, 1.165) is 39.5 Å². The molecule has 1 aliphatic heterocycles. The lowest BCUT2D eigenvalue weighted by molar-refractivity contribution is 0.0674. The van der Waals surface area contributed by atoms with Crippen LogP contribution in [0.15, 0.2) is 21.1 Å². The van der Waals surface area contributed by atoms with Crippen molar-refractivity contribution in [2.75, 3.05) is 13.2 Å². The van der Waals surface area contributed by atoms with Crippen molar-refractivity contribution in [1.82, 2.24) is 0 Å². The summed E-state index contributed by atoms with van der Waals surface area (Å²) in [5.41, 5.74) is 1.20. The number of hydrogen-bond acceptors (Lipinski definition) is 2. The highest BCUT2D eigenvalue weighted by molar-refractivity contribution is 9.11. The Morgan fingerprint density at radius 1 is 1.29 bits per heavy atom. The van der Waals surface area contributed by atoms with E-state index in [-0.39, 0.29) is 6.10 Å². The predicted molar refractivity (Wildman–Crippen MR) is 78.9 cm³/mol. The van der Waals surface area contributed by atoms with Gasteiger partial charge in [-0.2, -0.15) is 0 Å². The van der Waals surface area contributed by atoms with Crippen molar-refractivity contribution in [2.45, 2.75) is 24.3 Å². The molecule has 0 aliphatic carbocycles. The number of rotatable bonds is 4. The van der Waals surface area contributed by atoms with E-state index in [9.17, 15) is 0 Å². The molecule has 0 radical (unpaired) electrons. The third-order valence-corrected chi connectivity index (χ3v) is 4.48. The molecule has 0 aromatic heterocycles. The fourth-order valence-electron chi connectivity index (χ4n) is 1.78. The van der Waals surface area contributed by atoms with Gasteiger partial charge in [0.25, 0.3) is 0 Å². The number of alkyl halides is 1. The van der Waals surface area contributed by atoms with Crippen molar-refractivity contribution < 1.29 is 9.47 Å². The first-order valence-electron chi connectivity index (χ1n) is 5.49. The summed E-state index contributed by atoms with van der Waals surface area (Å²) in [7, 11) is 0. The molecule has 1 fully saturated rings. The molecule has 1 aromatic rings. The van der Waals surface area contributed by atoms with Crippen LogP contribution in [-0.2, 0) is 10.1 Å². The highest BCUT2D eigenvalue weighted by atomic mass is 79.9. The summed E-state index contributed by atoms with van der Waals surface area (Å²) in [6.07, 6.45) is 2.47. The van der Waals surface area contributed by atoms with E-state index in [1.54, 1.807) is 0 Å². The molecule has 1 saturated heterocycles. The first kappa shape index (κ1) is 13.8. The quantitative estimate of drug-likeness (QED) is 0.649. The van der Waals surface area contributed by atoms with E-state index in [2.05, 4.69) is 59.9 Å². The second-order valence-electron chi connectivity index (χ2n) is 3.97. The van der Waals surface area contributed by atoms with Crippen LogP contribution in [0, 0.1) is 0 Å². The lowest BCUT2D eigenvalue weighted by Gasteiger charge is -2.14. The average Bonchev–Trinajstić information content (AvgIpc) is 2.80. The third-order valence-electron chi connectivity index (χ3n) is 2.65. The zero-order valence-corrected chi connectivity index (χ0v) is 14.0. The lowest BCUT2D eigenvalue weighted by Crippen LogP contribution is -2.16. The normalized spacial score (nSPS) is 19.6. The minimum atomic E-state index is 0.240. The van der Waals surface area contributed by atoms with Crippen LogP contribution < -0.4 is 4.74 Å². The zero-order chi connectivity index (χ0) is 12.3. The van der Waals surface area contributed by atoms with Crippen molar-refractivity contribution in [3.05, 3.63) is 26.6 Å². The van der Waals surface area contributed by atoms with Gasteiger partial charge >= 0.3 is 0 Å². The lowest BCUT2D eigenvalue weighted by atomic mass is 10.2. The Morgan fingerprint density at radius 2 is 2.00 bits per heavy atom.